The lowest BCUT2D eigenvalue weighted by Crippen LogP contribution is -2.16. The van der Waals surface area contributed by atoms with Crippen LogP contribution in [0, 0.1) is 11.3 Å². The van der Waals surface area contributed by atoms with Crippen molar-refractivity contribution in [3.8, 4) is 6.07 Å². The summed E-state index contributed by atoms with van der Waals surface area (Å²) < 4.78 is 40.7. The lowest BCUT2D eigenvalue weighted by Gasteiger charge is -2.13. The summed E-state index contributed by atoms with van der Waals surface area (Å²) in [4.78, 5) is 16.5. The first-order chi connectivity index (χ1) is 12.4. The number of alkyl halides is 3. The second-order valence-electron chi connectivity index (χ2n) is 5.24. The number of nitrogens with one attached hydrogen (secondary N) is 1. The van der Waals surface area contributed by atoms with Crippen molar-refractivity contribution in [3.05, 3.63) is 75.8 Å². The van der Waals surface area contributed by atoms with Gasteiger partial charge in [0.15, 0.2) is 5.56 Å². The van der Waals surface area contributed by atoms with E-state index in [1.807, 2.05) is 0 Å². The van der Waals surface area contributed by atoms with Gasteiger partial charge in [-0.05, 0) is 35.8 Å². The molecule has 0 aliphatic rings. The van der Waals surface area contributed by atoms with Gasteiger partial charge in [0.05, 0.1) is 23.5 Å². The Hall–Kier alpha value is -3.12. The number of benzene rings is 1. The molecule has 1 aromatic carbocycles. The number of rotatable bonds is 4. The van der Waals surface area contributed by atoms with Gasteiger partial charge in [-0.25, -0.2) is 0 Å². The minimum atomic E-state index is -4.56. The molecule has 0 fully saturated rings. The third-order valence-electron chi connectivity index (χ3n) is 3.49. The van der Waals surface area contributed by atoms with Gasteiger partial charge in [0.25, 0.3) is 5.56 Å². The number of nitriles is 1. The average molecular weight is 376 g/mol. The van der Waals surface area contributed by atoms with Gasteiger partial charge in [0.2, 0.25) is 0 Å². The van der Waals surface area contributed by atoms with Crippen LogP contribution >= 0.6 is 11.5 Å². The Kier molecular flexibility index (Phi) is 4.77. The van der Waals surface area contributed by atoms with E-state index in [0.717, 1.165) is 17.6 Å². The molecule has 0 unspecified atom stereocenters. The van der Waals surface area contributed by atoms with Crippen molar-refractivity contribution in [1.29, 1.82) is 5.26 Å². The fourth-order valence-corrected chi connectivity index (χ4v) is 3.28. The van der Waals surface area contributed by atoms with Gasteiger partial charge in [0, 0.05) is 6.20 Å². The van der Waals surface area contributed by atoms with Gasteiger partial charge in [0.1, 0.15) is 11.1 Å². The van der Waals surface area contributed by atoms with Crippen LogP contribution in [0.3, 0.4) is 0 Å². The van der Waals surface area contributed by atoms with Crippen molar-refractivity contribution in [2.24, 2.45) is 0 Å². The highest BCUT2D eigenvalue weighted by Crippen LogP contribution is 2.36. The van der Waals surface area contributed by atoms with Crippen LogP contribution in [0.5, 0.6) is 0 Å². The van der Waals surface area contributed by atoms with Crippen molar-refractivity contribution in [1.82, 2.24) is 8.94 Å². The molecule has 0 aliphatic carbocycles. The molecule has 0 spiro atoms. The van der Waals surface area contributed by atoms with Gasteiger partial charge in [-0.15, -0.1) is 0 Å². The highest BCUT2D eigenvalue weighted by atomic mass is 32.1. The zero-order valence-electron chi connectivity index (χ0n) is 13.1. The van der Waals surface area contributed by atoms with E-state index in [0.29, 0.717) is 5.69 Å². The minimum absolute atomic E-state index is 0.0603. The first-order valence-electron chi connectivity index (χ1n) is 7.37. The standard InChI is InChI=1S/C17H11F3N4OS/c18-17(19,20)13-6-1-2-7-14(13)23-15-12(9-21)16(25)24(26-15)10-11-5-3-4-8-22-11/h1-8,23H,10H2. The van der Waals surface area contributed by atoms with Crippen molar-refractivity contribution in [2.75, 3.05) is 5.32 Å². The Labute approximate surface area is 150 Å². The van der Waals surface area contributed by atoms with Gasteiger partial charge in [-0.1, -0.05) is 18.2 Å². The van der Waals surface area contributed by atoms with Crippen LogP contribution in [0.15, 0.2) is 53.5 Å². The molecule has 5 nitrogen and oxygen atoms in total. The molecule has 2 aromatic heterocycles. The minimum Gasteiger partial charge on any atom is -0.344 e. The molecule has 0 radical (unpaired) electrons. The Morgan fingerprint density at radius 2 is 1.92 bits per heavy atom. The topological polar surface area (TPSA) is 70.7 Å². The van der Waals surface area contributed by atoms with Crippen molar-refractivity contribution >= 4 is 22.2 Å². The molecule has 3 rings (SSSR count). The third-order valence-corrected chi connectivity index (χ3v) is 4.50. The monoisotopic (exact) mass is 376 g/mol. The predicted molar refractivity (Wildman–Crippen MR) is 91.4 cm³/mol. The van der Waals surface area contributed by atoms with Crippen LogP contribution in [-0.4, -0.2) is 8.94 Å². The fraction of sp³-hybridized carbons (Fsp3) is 0.118. The maximum atomic E-state index is 13.1. The van der Waals surface area contributed by atoms with E-state index < -0.39 is 17.3 Å². The summed E-state index contributed by atoms with van der Waals surface area (Å²) in [6.07, 6.45) is -2.99. The molecule has 2 heterocycles. The molecule has 0 aliphatic heterocycles. The molecule has 9 heteroatoms. The SMILES string of the molecule is N#Cc1c(Nc2ccccc2C(F)(F)F)sn(Cc2ccccn2)c1=O. The molecule has 0 atom stereocenters. The number of pyridine rings is 1. The maximum Gasteiger partial charge on any atom is 0.418 e. The number of halogens is 3. The van der Waals surface area contributed by atoms with Gasteiger partial charge in [-0.3, -0.25) is 13.7 Å². The maximum absolute atomic E-state index is 13.1. The number of hydrogen-bond acceptors (Lipinski definition) is 5. The summed E-state index contributed by atoms with van der Waals surface area (Å²) in [5.41, 5.74) is -1.30. The molecule has 26 heavy (non-hydrogen) atoms. The molecule has 0 bridgehead atoms. The molecule has 0 saturated heterocycles. The first kappa shape index (κ1) is 17.7. The summed E-state index contributed by atoms with van der Waals surface area (Å²) in [5.74, 6) is 0. The van der Waals surface area contributed by atoms with Crippen LogP contribution in [-0.2, 0) is 12.7 Å². The first-order valence-corrected chi connectivity index (χ1v) is 8.15. The van der Waals surface area contributed by atoms with E-state index in [9.17, 15) is 23.2 Å². The summed E-state index contributed by atoms with van der Waals surface area (Å²) >= 11 is 0.883. The van der Waals surface area contributed by atoms with E-state index in [2.05, 4.69) is 10.3 Å². The molecule has 1 N–H and O–H groups in total. The lowest BCUT2D eigenvalue weighted by molar-refractivity contribution is -0.136. The summed E-state index contributed by atoms with van der Waals surface area (Å²) in [5, 5.41) is 11.9. The van der Waals surface area contributed by atoms with Gasteiger partial charge < -0.3 is 5.32 Å². The van der Waals surface area contributed by atoms with E-state index >= 15 is 0 Å². The summed E-state index contributed by atoms with van der Waals surface area (Å²) in [6, 6.07) is 11.8. The van der Waals surface area contributed by atoms with Crippen LogP contribution in [0.1, 0.15) is 16.8 Å². The van der Waals surface area contributed by atoms with Crippen LogP contribution in [0.25, 0.3) is 0 Å². The van der Waals surface area contributed by atoms with Gasteiger partial charge in [-0.2, -0.15) is 18.4 Å². The molecular formula is C17H11F3N4OS. The van der Waals surface area contributed by atoms with E-state index in [1.165, 1.54) is 22.2 Å². The number of aromatic nitrogens is 2. The van der Waals surface area contributed by atoms with E-state index in [-0.39, 0.29) is 22.8 Å². The third kappa shape index (κ3) is 3.60. The number of para-hydroxylation sites is 1. The Morgan fingerprint density at radius 1 is 1.19 bits per heavy atom. The Bertz CT molecular complexity index is 1020. The summed E-state index contributed by atoms with van der Waals surface area (Å²) in [6.45, 7) is 0.127. The van der Waals surface area contributed by atoms with Crippen molar-refractivity contribution in [2.45, 2.75) is 12.7 Å². The highest BCUT2D eigenvalue weighted by Gasteiger charge is 2.33. The Morgan fingerprint density at radius 3 is 2.58 bits per heavy atom. The largest absolute Gasteiger partial charge is 0.418 e. The predicted octanol–water partition coefficient (Wildman–Crippen LogP) is 3.99. The average Bonchev–Trinajstić information content (AvgIpc) is 2.90. The van der Waals surface area contributed by atoms with Crippen LogP contribution in [0.2, 0.25) is 0 Å². The zero-order valence-corrected chi connectivity index (χ0v) is 13.9. The number of nitrogens with zero attached hydrogens (tertiary/aromatic N) is 3. The van der Waals surface area contributed by atoms with Crippen LogP contribution in [0.4, 0.5) is 23.9 Å². The van der Waals surface area contributed by atoms with E-state index in [1.54, 1.807) is 30.5 Å². The Balaban J connectivity index is 1.99. The number of anilines is 2. The normalized spacial score (nSPS) is 11.2. The van der Waals surface area contributed by atoms with E-state index in [4.69, 9.17) is 0 Å². The second-order valence-corrected chi connectivity index (χ2v) is 6.27. The fourth-order valence-electron chi connectivity index (χ4n) is 2.31. The lowest BCUT2D eigenvalue weighted by atomic mass is 10.1. The second kappa shape index (κ2) is 7.01. The number of hydrogen-bond donors (Lipinski definition) is 1. The molecule has 0 saturated carbocycles. The van der Waals surface area contributed by atoms with Crippen molar-refractivity contribution < 1.29 is 13.2 Å². The molecule has 132 valence electrons. The van der Waals surface area contributed by atoms with Gasteiger partial charge >= 0.3 is 6.18 Å². The smallest absolute Gasteiger partial charge is 0.344 e. The highest BCUT2D eigenvalue weighted by molar-refractivity contribution is 7.11. The molecular weight excluding hydrogens is 365 g/mol. The van der Waals surface area contributed by atoms with Crippen molar-refractivity contribution in [3.63, 3.8) is 0 Å². The van der Waals surface area contributed by atoms with Crippen LogP contribution < -0.4 is 10.9 Å². The zero-order chi connectivity index (χ0) is 18.7. The summed E-state index contributed by atoms with van der Waals surface area (Å²) in [7, 11) is 0. The molecule has 3 aromatic rings. The molecule has 0 amide bonds. The quantitative estimate of drug-likeness (QED) is 0.748.